The van der Waals surface area contributed by atoms with Gasteiger partial charge >= 0.3 is 0 Å². The van der Waals surface area contributed by atoms with Crippen molar-refractivity contribution in [3.05, 3.63) is 208 Å². The molecule has 1 aliphatic heterocycles. The molecule has 4 heterocycles. The maximum Gasteiger partial charge on any atom is 0.198 e. The lowest BCUT2D eigenvalue weighted by molar-refractivity contribution is 0.332. The zero-order valence-corrected chi connectivity index (χ0v) is 59.4. The van der Waals surface area contributed by atoms with Crippen LogP contribution in [0, 0.1) is 0 Å². The molecule has 0 saturated heterocycles. The Balaban J connectivity index is 0.939. The van der Waals surface area contributed by atoms with E-state index in [1.165, 1.54) is 233 Å². The van der Waals surface area contributed by atoms with Crippen molar-refractivity contribution in [2.24, 2.45) is 0 Å². The van der Waals surface area contributed by atoms with E-state index >= 15 is 0 Å². The van der Waals surface area contributed by atoms with Gasteiger partial charge in [0.25, 0.3) is 0 Å². The first kappa shape index (κ1) is 59.4. The summed E-state index contributed by atoms with van der Waals surface area (Å²) in [6, 6.07) is 66.8. The summed E-state index contributed by atoms with van der Waals surface area (Å²) < 4.78 is 2.76. The number of H-pyrrole nitrogens is 1. The molecule has 18 rings (SSSR count). The Morgan fingerprint density at radius 2 is 0.663 bits per heavy atom. The normalized spacial score (nSPS) is 19.6. The Kier molecular flexibility index (Phi) is 12.1. The van der Waals surface area contributed by atoms with Crippen LogP contribution in [-0.2, 0) is 43.3 Å². The van der Waals surface area contributed by atoms with Gasteiger partial charge in [-0.3, -0.25) is 0 Å². The highest BCUT2D eigenvalue weighted by Gasteiger charge is 2.42. The van der Waals surface area contributed by atoms with Gasteiger partial charge in [0.15, 0.2) is 7.28 Å². The summed E-state index contributed by atoms with van der Waals surface area (Å²) in [4.78, 5) is 4.21. The number of benzene rings is 10. The molecule has 0 fully saturated rings. The summed E-state index contributed by atoms with van der Waals surface area (Å²) in [6.07, 6.45) is 9.52. The first-order chi connectivity index (χ1) is 45.0. The lowest BCUT2D eigenvalue weighted by Gasteiger charge is -2.42. The van der Waals surface area contributed by atoms with Gasteiger partial charge in [0.05, 0.1) is 11.0 Å². The molecule has 3 heteroatoms. The molecule has 0 amide bonds. The molecular weight excluding hydrogens is 1140 g/mol. The SMILES string of the molecule is CC1(C)CCC(C)(C)c2cc(-c3ccc4[nH]c5c(-c6cc(-c7ccccc7)c7c8cc(-c9ccc%10c(c9)C(C)(C)CCC%10(C)C)cc9c%10cc(-c%11ccc%12c(c%11)C(C)(C)CCC%12(C)C)cc%11c%10n(c7c6B%11)c98)cc(-c6ccc7c(c6)C(C)(C)CCC7(C)C)cc5c4c3)ccc21. The van der Waals surface area contributed by atoms with Crippen LogP contribution in [0.15, 0.2) is 164 Å². The third-order valence-corrected chi connectivity index (χ3v) is 26.1. The second-order valence-corrected chi connectivity index (χ2v) is 35.9. The Hall–Kier alpha value is -8.14. The van der Waals surface area contributed by atoms with Crippen molar-refractivity contribution in [1.29, 1.82) is 0 Å². The third-order valence-electron chi connectivity index (χ3n) is 26.1. The summed E-state index contributed by atoms with van der Waals surface area (Å²) in [7, 11) is 0.812. The van der Waals surface area contributed by atoms with E-state index in [1.807, 2.05) is 0 Å². The maximum absolute atomic E-state index is 4.21. The van der Waals surface area contributed by atoms with E-state index in [4.69, 9.17) is 0 Å². The van der Waals surface area contributed by atoms with E-state index in [1.54, 1.807) is 0 Å². The minimum atomic E-state index is 0.0603. The second kappa shape index (κ2) is 19.3. The molecule has 2 nitrogen and oxygen atoms in total. The lowest BCUT2D eigenvalue weighted by atomic mass is 9.58. The fourth-order valence-electron chi connectivity index (χ4n) is 19.6. The van der Waals surface area contributed by atoms with Crippen molar-refractivity contribution < 1.29 is 0 Å². The van der Waals surface area contributed by atoms with Crippen LogP contribution in [0.5, 0.6) is 0 Å². The molecule has 0 bridgehead atoms. The minimum absolute atomic E-state index is 0.0603. The van der Waals surface area contributed by atoms with Crippen molar-refractivity contribution >= 4 is 78.1 Å². The van der Waals surface area contributed by atoms with Crippen molar-refractivity contribution in [1.82, 2.24) is 9.38 Å². The number of aromatic nitrogens is 2. The molecule has 1 N–H and O–H groups in total. The van der Waals surface area contributed by atoms with E-state index < -0.39 is 0 Å². The lowest BCUT2D eigenvalue weighted by Crippen LogP contribution is -2.35. The van der Waals surface area contributed by atoms with E-state index in [2.05, 4.69) is 284 Å². The smallest absolute Gasteiger partial charge is 0.198 e. The number of rotatable bonds is 6. The van der Waals surface area contributed by atoms with Crippen LogP contribution in [0.1, 0.15) is 207 Å². The number of hydrogen-bond donors (Lipinski definition) is 1. The van der Waals surface area contributed by atoms with Crippen molar-refractivity contribution in [2.45, 2.75) is 205 Å². The number of fused-ring (bicyclic) bond motifs is 9. The molecular formula is C92H93BN2. The zero-order valence-electron chi connectivity index (χ0n) is 59.4. The van der Waals surface area contributed by atoms with Crippen molar-refractivity contribution in [2.75, 3.05) is 0 Å². The second-order valence-electron chi connectivity index (χ2n) is 35.9. The molecule has 5 aliphatic rings. The van der Waals surface area contributed by atoms with Gasteiger partial charge in [-0.1, -0.05) is 232 Å². The molecule has 474 valence electrons. The fourth-order valence-corrected chi connectivity index (χ4v) is 19.6. The average molecular weight is 1240 g/mol. The van der Waals surface area contributed by atoms with Gasteiger partial charge in [-0.2, -0.15) is 0 Å². The van der Waals surface area contributed by atoms with E-state index in [9.17, 15) is 0 Å². The van der Waals surface area contributed by atoms with Crippen LogP contribution < -0.4 is 10.9 Å². The van der Waals surface area contributed by atoms with Crippen LogP contribution in [0.25, 0.3) is 127 Å². The Bertz CT molecular complexity index is 5500. The largest absolute Gasteiger partial charge is 0.354 e. The van der Waals surface area contributed by atoms with Gasteiger partial charge in [-0.05, 0) is 254 Å². The minimum Gasteiger partial charge on any atom is -0.354 e. The Morgan fingerprint density at radius 3 is 1.15 bits per heavy atom. The van der Waals surface area contributed by atoms with Crippen LogP contribution in [0.2, 0.25) is 0 Å². The topological polar surface area (TPSA) is 20.2 Å². The number of aromatic amines is 1. The fraction of sp³-hybridized carbons (Fsp3) is 0.348. The predicted molar refractivity (Wildman–Crippen MR) is 411 cm³/mol. The van der Waals surface area contributed by atoms with Crippen LogP contribution in [0.4, 0.5) is 0 Å². The van der Waals surface area contributed by atoms with Crippen molar-refractivity contribution in [3.8, 4) is 66.8 Å². The number of nitrogens with zero attached hydrogens (tertiary/aromatic N) is 1. The maximum atomic E-state index is 4.21. The highest BCUT2D eigenvalue weighted by Crippen LogP contribution is 2.55. The van der Waals surface area contributed by atoms with Gasteiger partial charge in [0, 0.05) is 54.4 Å². The first-order valence-corrected chi connectivity index (χ1v) is 36.1. The monoisotopic (exact) mass is 1240 g/mol. The molecule has 0 atom stereocenters. The Labute approximate surface area is 564 Å². The summed E-state index contributed by atoms with van der Waals surface area (Å²) in [5.41, 5.74) is 37.5. The highest BCUT2D eigenvalue weighted by molar-refractivity contribution is 6.75. The van der Waals surface area contributed by atoms with Gasteiger partial charge in [0.1, 0.15) is 0 Å². The molecule has 13 aromatic rings. The van der Waals surface area contributed by atoms with Gasteiger partial charge in [0.2, 0.25) is 0 Å². The quantitative estimate of drug-likeness (QED) is 0.160. The van der Waals surface area contributed by atoms with Gasteiger partial charge < -0.3 is 9.38 Å². The standard InChI is InChI=1S/C92H93BN2/c1-85(2)32-36-89(9,10)73-46-54(22-27-69(73)85)53-26-31-78-62(40-53)64-41-58(55-23-28-70-74(47-55)90(11,12)37-33-86(70,3)4)42-65(81(64)94-78)63-51-61(52-20-18-17-19-21-52)79-68-45-59(56-24-29-71-75(48-56)91(13,14)38-34-87(71,5)6)43-66-67-44-60(50-77-83(67)95(82(66)68)84(79)80(63)93-77)57-25-30-72-76(49-57)92(15,16)39-35-88(72,7)8/h17-31,40-51,93-94H,32-39H2,1-16H3. The van der Waals surface area contributed by atoms with E-state index in [0.29, 0.717) is 0 Å². The van der Waals surface area contributed by atoms with Gasteiger partial charge in [-0.15, -0.1) is 0 Å². The predicted octanol–water partition coefficient (Wildman–Crippen LogP) is 23.6. The summed E-state index contributed by atoms with van der Waals surface area (Å²) in [6.45, 7) is 39.4. The molecule has 3 aromatic heterocycles. The average Bonchev–Trinajstić information content (AvgIpc) is 1.51. The Morgan fingerprint density at radius 1 is 0.284 bits per heavy atom. The van der Waals surface area contributed by atoms with Gasteiger partial charge in [-0.25, -0.2) is 0 Å². The zero-order chi connectivity index (χ0) is 65.8. The molecule has 10 aromatic carbocycles. The first-order valence-electron chi connectivity index (χ1n) is 36.1. The third kappa shape index (κ3) is 8.61. The summed E-state index contributed by atoms with van der Waals surface area (Å²) >= 11 is 0. The van der Waals surface area contributed by atoms with Crippen LogP contribution in [-0.4, -0.2) is 16.7 Å². The number of nitrogens with one attached hydrogen (secondary N) is 1. The summed E-state index contributed by atoms with van der Waals surface area (Å²) in [5.74, 6) is 0. The summed E-state index contributed by atoms with van der Waals surface area (Å²) in [5, 5.41) is 7.94. The van der Waals surface area contributed by atoms with Crippen LogP contribution in [0.3, 0.4) is 0 Å². The molecule has 0 radical (unpaired) electrons. The van der Waals surface area contributed by atoms with Crippen LogP contribution >= 0.6 is 0 Å². The molecule has 95 heavy (non-hydrogen) atoms. The van der Waals surface area contributed by atoms with E-state index in [-0.39, 0.29) is 43.3 Å². The molecule has 0 unspecified atom stereocenters. The molecule has 4 aliphatic carbocycles. The molecule has 0 spiro atoms. The number of hydrogen-bond acceptors (Lipinski definition) is 0. The van der Waals surface area contributed by atoms with Crippen molar-refractivity contribution in [3.63, 3.8) is 0 Å². The highest BCUT2D eigenvalue weighted by atomic mass is 14.9. The molecule has 0 saturated carbocycles. The van der Waals surface area contributed by atoms with E-state index in [0.717, 1.165) is 7.28 Å².